The van der Waals surface area contributed by atoms with Crippen LogP contribution in [0.15, 0.2) is 18.2 Å². The summed E-state index contributed by atoms with van der Waals surface area (Å²) < 4.78 is 0. The lowest BCUT2D eigenvalue weighted by Gasteiger charge is -2.22. The number of benzene rings is 1. The number of thioether (sulfide) groups is 1. The lowest BCUT2D eigenvalue weighted by molar-refractivity contribution is 0.201. The van der Waals surface area contributed by atoms with Crippen molar-refractivity contribution in [3.05, 3.63) is 34.9 Å². The highest BCUT2D eigenvalue weighted by molar-refractivity contribution is 7.98. The summed E-state index contributed by atoms with van der Waals surface area (Å²) in [4.78, 5) is 0. The van der Waals surface area contributed by atoms with Crippen molar-refractivity contribution in [3.8, 4) is 0 Å². The smallest absolute Gasteiger partial charge is 0.0883 e. The Morgan fingerprint density at radius 1 is 1.43 bits per heavy atom. The van der Waals surface area contributed by atoms with Gasteiger partial charge in [-0.05, 0) is 22.6 Å². The zero-order valence-corrected chi connectivity index (χ0v) is 9.47. The first kappa shape index (κ1) is 10.1. The van der Waals surface area contributed by atoms with Gasteiger partial charge in [-0.15, -0.1) is 0 Å². The van der Waals surface area contributed by atoms with E-state index in [1.54, 1.807) is 0 Å². The van der Waals surface area contributed by atoms with Crippen LogP contribution in [0.25, 0.3) is 0 Å². The van der Waals surface area contributed by atoms with E-state index in [0.29, 0.717) is 5.92 Å². The van der Waals surface area contributed by atoms with Crippen LogP contribution in [0.3, 0.4) is 0 Å². The first-order valence-corrected chi connectivity index (χ1v) is 6.22. The van der Waals surface area contributed by atoms with Crippen LogP contribution in [-0.4, -0.2) is 10.9 Å². The molecule has 76 valence electrons. The maximum absolute atomic E-state index is 9.85. The van der Waals surface area contributed by atoms with Crippen molar-refractivity contribution in [2.24, 2.45) is 0 Å². The minimum Gasteiger partial charge on any atom is -0.388 e. The molecule has 0 saturated carbocycles. The number of aliphatic hydroxyl groups excluding tert-OH is 1. The minimum absolute atomic E-state index is 0.262. The summed E-state index contributed by atoms with van der Waals surface area (Å²) in [6.45, 7) is 4.37. The van der Waals surface area contributed by atoms with Gasteiger partial charge in [0.25, 0.3) is 0 Å². The number of hydrogen-bond acceptors (Lipinski definition) is 2. The third-order valence-electron chi connectivity index (χ3n) is 2.73. The maximum Gasteiger partial charge on any atom is 0.0883 e. The molecule has 1 aromatic carbocycles. The molecule has 0 amide bonds. The molecule has 1 aromatic rings. The number of aliphatic hydroxyl groups is 1. The van der Waals surface area contributed by atoms with Crippen molar-refractivity contribution in [1.82, 2.24) is 0 Å². The van der Waals surface area contributed by atoms with Crippen molar-refractivity contribution in [1.29, 1.82) is 0 Å². The second-order valence-electron chi connectivity index (χ2n) is 4.14. The van der Waals surface area contributed by atoms with E-state index in [9.17, 15) is 5.11 Å². The van der Waals surface area contributed by atoms with Gasteiger partial charge in [-0.1, -0.05) is 32.0 Å². The minimum atomic E-state index is -0.262. The molecule has 0 radical (unpaired) electrons. The molecular formula is C12H16OS. The summed E-state index contributed by atoms with van der Waals surface area (Å²) in [5.74, 6) is 2.43. The fraction of sp³-hybridized carbons (Fsp3) is 0.500. The Hall–Kier alpha value is -0.470. The van der Waals surface area contributed by atoms with Crippen molar-refractivity contribution in [2.75, 3.05) is 5.75 Å². The quantitative estimate of drug-likeness (QED) is 0.765. The highest BCUT2D eigenvalue weighted by Gasteiger charge is 2.18. The Labute approximate surface area is 89.5 Å². The lowest BCUT2D eigenvalue weighted by atomic mass is 9.95. The molecule has 1 atom stereocenters. The number of rotatable bonds is 1. The van der Waals surface area contributed by atoms with Crippen LogP contribution in [0.2, 0.25) is 0 Å². The third-order valence-corrected chi connectivity index (χ3v) is 3.80. The van der Waals surface area contributed by atoms with E-state index < -0.39 is 0 Å². The monoisotopic (exact) mass is 208 g/mol. The van der Waals surface area contributed by atoms with Crippen LogP contribution in [0.1, 0.15) is 42.6 Å². The highest BCUT2D eigenvalue weighted by atomic mass is 32.2. The summed E-state index contributed by atoms with van der Waals surface area (Å²) in [7, 11) is 0. The number of fused-ring (bicyclic) bond motifs is 1. The molecule has 0 aliphatic carbocycles. The molecule has 0 aromatic heterocycles. The SMILES string of the molecule is CC(C)c1ccc2c(c1)[C@H](O)CSC2. The van der Waals surface area contributed by atoms with Gasteiger partial charge in [0.05, 0.1) is 6.10 Å². The predicted octanol–water partition coefficient (Wildman–Crippen LogP) is 3.09. The summed E-state index contributed by atoms with van der Waals surface area (Å²) in [6.07, 6.45) is -0.262. The molecule has 2 rings (SSSR count). The maximum atomic E-state index is 9.85. The second-order valence-corrected chi connectivity index (χ2v) is 5.17. The molecule has 1 aliphatic heterocycles. The van der Waals surface area contributed by atoms with E-state index in [2.05, 4.69) is 32.0 Å². The molecule has 1 heterocycles. The zero-order chi connectivity index (χ0) is 10.1. The van der Waals surface area contributed by atoms with Gasteiger partial charge in [-0.3, -0.25) is 0 Å². The van der Waals surface area contributed by atoms with E-state index in [4.69, 9.17) is 0 Å². The highest BCUT2D eigenvalue weighted by Crippen LogP contribution is 2.33. The van der Waals surface area contributed by atoms with Crippen LogP contribution in [0.4, 0.5) is 0 Å². The number of hydrogen-bond donors (Lipinski definition) is 1. The van der Waals surface area contributed by atoms with Crippen molar-refractivity contribution >= 4 is 11.8 Å². The summed E-state index contributed by atoms with van der Waals surface area (Å²) in [6, 6.07) is 6.52. The largest absolute Gasteiger partial charge is 0.388 e. The Balaban J connectivity index is 2.41. The molecule has 2 heteroatoms. The van der Waals surface area contributed by atoms with Crippen LogP contribution in [0.5, 0.6) is 0 Å². The molecule has 0 saturated heterocycles. The molecule has 1 nitrogen and oxygen atoms in total. The van der Waals surface area contributed by atoms with Crippen molar-refractivity contribution in [3.63, 3.8) is 0 Å². The Bertz CT molecular complexity index is 333. The molecule has 1 aliphatic rings. The third kappa shape index (κ3) is 1.82. The lowest BCUT2D eigenvalue weighted by Crippen LogP contribution is -2.10. The van der Waals surface area contributed by atoms with Gasteiger partial charge in [-0.25, -0.2) is 0 Å². The first-order valence-electron chi connectivity index (χ1n) is 5.07. The van der Waals surface area contributed by atoms with Crippen molar-refractivity contribution < 1.29 is 5.11 Å². The van der Waals surface area contributed by atoms with Gasteiger partial charge in [0.1, 0.15) is 0 Å². The molecule has 0 bridgehead atoms. The standard InChI is InChI=1S/C12H16OS/c1-8(2)9-3-4-10-6-14-7-12(13)11(10)5-9/h3-5,8,12-13H,6-7H2,1-2H3/t12-/m1/s1. The average molecular weight is 208 g/mol. The predicted molar refractivity (Wildman–Crippen MR) is 61.7 cm³/mol. The zero-order valence-electron chi connectivity index (χ0n) is 8.66. The Morgan fingerprint density at radius 3 is 2.93 bits per heavy atom. The van der Waals surface area contributed by atoms with Crippen LogP contribution in [-0.2, 0) is 5.75 Å². The molecule has 0 spiro atoms. The Morgan fingerprint density at radius 2 is 2.21 bits per heavy atom. The Kier molecular flexibility index (Phi) is 2.84. The molecule has 1 N–H and O–H groups in total. The summed E-state index contributed by atoms with van der Waals surface area (Å²) >= 11 is 1.81. The first-order chi connectivity index (χ1) is 6.68. The van der Waals surface area contributed by atoms with Gasteiger partial charge < -0.3 is 5.11 Å². The topological polar surface area (TPSA) is 20.2 Å². The normalized spacial score (nSPS) is 21.0. The average Bonchev–Trinajstić information content (AvgIpc) is 2.18. The fourth-order valence-corrected chi connectivity index (χ4v) is 2.79. The fourth-order valence-electron chi connectivity index (χ4n) is 1.78. The van der Waals surface area contributed by atoms with Crippen molar-refractivity contribution in [2.45, 2.75) is 31.6 Å². The van der Waals surface area contributed by atoms with Gasteiger partial charge in [0, 0.05) is 11.5 Å². The summed E-state index contributed by atoms with van der Waals surface area (Å²) in [5.41, 5.74) is 3.78. The van der Waals surface area contributed by atoms with E-state index >= 15 is 0 Å². The van der Waals surface area contributed by atoms with E-state index in [1.165, 1.54) is 11.1 Å². The van der Waals surface area contributed by atoms with Gasteiger partial charge in [0.15, 0.2) is 0 Å². The second kappa shape index (κ2) is 3.95. The van der Waals surface area contributed by atoms with Gasteiger partial charge >= 0.3 is 0 Å². The molecule has 0 unspecified atom stereocenters. The van der Waals surface area contributed by atoms with Crippen LogP contribution in [0, 0.1) is 0 Å². The summed E-state index contributed by atoms with van der Waals surface area (Å²) in [5, 5.41) is 9.85. The van der Waals surface area contributed by atoms with Gasteiger partial charge in [-0.2, -0.15) is 11.8 Å². The molecule has 14 heavy (non-hydrogen) atoms. The van der Waals surface area contributed by atoms with E-state index in [1.807, 2.05) is 11.8 Å². The van der Waals surface area contributed by atoms with E-state index in [-0.39, 0.29) is 6.10 Å². The van der Waals surface area contributed by atoms with Crippen LogP contribution >= 0.6 is 11.8 Å². The van der Waals surface area contributed by atoms with E-state index in [0.717, 1.165) is 17.1 Å². The molecule has 0 fully saturated rings. The molecular weight excluding hydrogens is 192 g/mol. The van der Waals surface area contributed by atoms with Gasteiger partial charge in [0.2, 0.25) is 0 Å². The van der Waals surface area contributed by atoms with Crippen LogP contribution < -0.4 is 0 Å².